The van der Waals surface area contributed by atoms with Crippen LogP contribution in [-0.2, 0) is 0 Å². The molecule has 27 heavy (non-hydrogen) atoms. The number of aromatic nitrogens is 3. The highest BCUT2D eigenvalue weighted by Gasteiger charge is 2.22. The second-order valence-electron chi connectivity index (χ2n) is 6.79. The van der Waals surface area contributed by atoms with E-state index in [0.717, 1.165) is 57.3 Å². The van der Waals surface area contributed by atoms with E-state index < -0.39 is 0 Å². The van der Waals surface area contributed by atoms with Crippen molar-refractivity contribution in [3.05, 3.63) is 54.5 Å². The Morgan fingerprint density at radius 1 is 0.889 bits per heavy atom. The highest BCUT2D eigenvalue weighted by molar-refractivity contribution is 5.94. The van der Waals surface area contributed by atoms with Crippen molar-refractivity contribution in [3.8, 4) is 0 Å². The van der Waals surface area contributed by atoms with Crippen molar-refractivity contribution in [1.29, 1.82) is 0 Å². The number of nitrogens with zero attached hydrogens (tertiary/aromatic N) is 6. The molecule has 1 fully saturated rings. The fraction of sp³-hybridized carbons (Fsp3) is 0.400. The molecule has 4 heterocycles. The molecule has 2 aromatic rings. The molecule has 0 spiro atoms. The molecule has 1 saturated heterocycles. The zero-order valence-corrected chi connectivity index (χ0v) is 15.4. The predicted octanol–water partition coefficient (Wildman–Crippen LogP) is 1.99. The van der Waals surface area contributed by atoms with Crippen LogP contribution in [0.1, 0.15) is 23.2 Å². The van der Waals surface area contributed by atoms with Crippen molar-refractivity contribution in [2.75, 3.05) is 49.1 Å². The maximum absolute atomic E-state index is 12.9. The van der Waals surface area contributed by atoms with Crippen LogP contribution in [0.15, 0.2) is 48.9 Å². The number of hydrogen-bond acceptors (Lipinski definition) is 6. The SMILES string of the molecule is O=C(c1ccc(N2CC=CCC2)nc1)N1CCCN(c2ncccn2)CC1. The van der Waals surface area contributed by atoms with E-state index in [1.54, 1.807) is 18.6 Å². The van der Waals surface area contributed by atoms with Gasteiger partial charge < -0.3 is 14.7 Å². The Hall–Kier alpha value is -2.96. The quantitative estimate of drug-likeness (QED) is 0.776. The predicted molar refractivity (Wildman–Crippen MR) is 105 cm³/mol. The molecule has 0 atom stereocenters. The lowest BCUT2D eigenvalue weighted by Crippen LogP contribution is -2.35. The minimum Gasteiger partial charge on any atom is -0.353 e. The minimum atomic E-state index is 0.0448. The topological polar surface area (TPSA) is 65.5 Å². The molecule has 0 aliphatic carbocycles. The minimum absolute atomic E-state index is 0.0448. The van der Waals surface area contributed by atoms with Gasteiger partial charge in [0.1, 0.15) is 5.82 Å². The number of rotatable bonds is 3. The van der Waals surface area contributed by atoms with E-state index >= 15 is 0 Å². The fourth-order valence-electron chi connectivity index (χ4n) is 3.51. The Balaban J connectivity index is 1.39. The Bertz CT molecular complexity index is 792. The van der Waals surface area contributed by atoms with E-state index in [-0.39, 0.29) is 5.91 Å². The molecule has 0 radical (unpaired) electrons. The highest BCUT2D eigenvalue weighted by Crippen LogP contribution is 2.17. The monoisotopic (exact) mass is 364 g/mol. The smallest absolute Gasteiger partial charge is 0.255 e. The van der Waals surface area contributed by atoms with Gasteiger partial charge in [-0.05, 0) is 31.0 Å². The van der Waals surface area contributed by atoms with Crippen LogP contribution in [0.5, 0.6) is 0 Å². The summed E-state index contributed by atoms with van der Waals surface area (Å²) in [7, 11) is 0. The Morgan fingerprint density at radius 2 is 1.78 bits per heavy atom. The summed E-state index contributed by atoms with van der Waals surface area (Å²) in [5, 5.41) is 0. The van der Waals surface area contributed by atoms with Crippen LogP contribution in [-0.4, -0.2) is 65.0 Å². The van der Waals surface area contributed by atoms with E-state index in [9.17, 15) is 4.79 Å². The summed E-state index contributed by atoms with van der Waals surface area (Å²) in [4.78, 5) is 32.3. The lowest BCUT2D eigenvalue weighted by atomic mass is 10.2. The van der Waals surface area contributed by atoms with E-state index in [2.05, 4.69) is 36.9 Å². The second-order valence-corrected chi connectivity index (χ2v) is 6.79. The van der Waals surface area contributed by atoms with Crippen LogP contribution in [0.3, 0.4) is 0 Å². The summed E-state index contributed by atoms with van der Waals surface area (Å²) >= 11 is 0. The second kappa shape index (κ2) is 8.16. The number of pyridine rings is 1. The van der Waals surface area contributed by atoms with Crippen molar-refractivity contribution in [1.82, 2.24) is 19.9 Å². The zero-order valence-electron chi connectivity index (χ0n) is 15.4. The summed E-state index contributed by atoms with van der Waals surface area (Å²) in [5.74, 6) is 1.70. The summed E-state index contributed by atoms with van der Waals surface area (Å²) in [6.45, 7) is 4.84. The third kappa shape index (κ3) is 4.07. The molecule has 2 aliphatic rings. The van der Waals surface area contributed by atoms with Gasteiger partial charge in [0.05, 0.1) is 5.56 Å². The molecule has 140 valence electrons. The number of carbonyl (C=O) groups is 1. The van der Waals surface area contributed by atoms with Gasteiger partial charge in [0.15, 0.2) is 0 Å². The average molecular weight is 364 g/mol. The first-order chi connectivity index (χ1) is 13.3. The molecular weight excluding hydrogens is 340 g/mol. The molecule has 0 bridgehead atoms. The number of carbonyl (C=O) groups excluding carboxylic acids is 1. The summed E-state index contributed by atoms with van der Waals surface area (Å²) in [5.41, 5.74) is 0.649. The van der Waals surface area contributed by atoms with Gasteiger partial charge in [0, 0.05) is 57.9 Å². The molecule has 7 nitrogen and oxygen atoms in total. The largest absolute Gasteiger partial charge is 0.353 e. The van der Waals surface area contributed by atoms with Crippen molar-refractivity contribution in [2.45, 2.75) is 12.8 Å². The maximum Gasteiger partial charge on any atom is 0.255 e. The van der Waals surface area contributed by atoms with Crippen LogP contribution in [0.2, 0.25) is 0 Å². The molecule has 0 unspecified atom stereocenters. The van der Waals surface area contributed by atoms with Crippen LogP contribution < -0.4 is 9.80 Å². The summed E-state index contributed by atoms with van der Waals surface area (Å²) in [6.07, 6.45) is 11.5. The molecule has 0 saturated carbocycles. The number of anilines is 2. The summed E-state index contributed by atoms with van der Waals surface area (Å²) < 4.78 is 0. The zero-order chi connectivity index (χ0) is 18.5. The van der Waals surface area contributed by atoms with Gasteiger partial charge in [-0.15, -0.1) is 0 Å². The van der Waals surface area contributed by atoms with Crippen LogP contribution >= 0.6 is 0 Å². The highest BCUT2D eigenvalue weighted by atomic mass is 16.2. The van der Waals surface area contributed by atoms with Crippen LogP contribution in [0.25, 0.3) is 0 Å². The van der Waals surface area contributed by atoms with Crippen molar-refractivity contribution < 1.29 is 4.79 Å². The number of amides is 1. The van der Waals surface area contributed by atoms with Crippen molar-refractivity contribution >= 4 is 17.7 Å². The molecule has 1 amide bonds. The standard InChI is InChI=1S/C20H24N6O/c27-19(17-6-7-18(23-16-17)24-10-2-1-3-11-24)25-12-5-13-26(15-14-25)20-21-8-4-9-22-20/h1-2,4,6-9,16H,3,5,10-15H2. The van der Waals surface area contributed by atoms with Gasteiger partial charge in [0.25, 0.3) is 5.91 Å². The fourth-order valence-corrected chi connectivity index (χ4v) is 3.51. The van der Waals surface area contributed by atoms with Crippen molar-refractivity contribution in [3.63, 3.8) is 0 Å². The van der Waals surface area contributed by atoms with Gasteiger partial charge in [0.2, 0.25) is 5.95 Å². The van der Waals surface area contributed by atoms with Gasteiger partial charge >= 0.3 is 0 Å². The lowest BCUT2D eigenvalue weighted by molar-refractivity contribution is 0.0766. The number of hydrogen-bond donors (Lipinski definition) is 0. The van der Waals surface area contributed by atoms with E-state index in [1.807, 2.05) is 23.1 Å². The Morgan fingerprint density at radius 3 is 2.52 bits per heavy atom. The maximum atomic E-state index is 12.9. The van der Waals surface area contributed by atoms with Crippen LogP contribution in [0, 0.1) is 0 Å². The molecule has 0 aromatic carbocycles. The Labute approximate surface area is 159 Å². The molecule has 0 N–H and O–H groups in total. The summed E-state index contributed by atoms with van der Waals surface area (Å²) in [6, 6.07) is 5.66. The van der Waals surface area contributed by atoms with Gasteiger partial charge in [-0.1, -0.05) is 12.2 Å². The lowest BCUT2D eigenvalue weighted by Gasteiger charge is -2.25. The third-order valence-corrected chi connectivity index (χ3v) is 5.00. The first-order valence-electron chi connectivity index (χ1n) is 9.48. The molecule has 2 aliphatic heterocycles. The average Bonchev–Trinajstić information content (AvgIpc) is 3.01. The van der Waals surface area contributed by atoms with E-state index in [0.29, 0.717) is 12.1 Å². The molecular formula is C20H24N6O. The molecule has 2 aromatic heterocycles. The first-order valence-corrected chi connectivity index (χ1v) is 9.48. The third-order valence-electron chi connectivity index (χ3n) is 5.00. The van der Waals surface area contributed by atoms with E-state index in [4.69, 9.17) is 0 Å². The van der Waals surface area contributed by atoms with Gasteiger partial charge in [-0.25, -0.2) is 15.0 Å². The normalized spacial score (nSPS) is 17.7. The van der Waals surface area contributed by atoms with Crippen LogP contribution in [0.4, 0.5) is 11.8 Å². The molecule has 4 rings (SSSR count). The Kier molecular flexibility index (Phi) is 5.27. The van der Waals surface area contributed by atoms with Crippen molar-refractivity contribution in [2.24, 2.45) is 0 Å². The first kappa shape index (κ1) is 17.5. The van der Waals surface area contributed by atoms with E-state index in [1.165, 1.54) is 0 Å². The molecule has 7 heteroatoms. The van der Waals surface area contributed by atoms with Gasteiger partial charge in [-0.3, -0.25) is 4.79 Å². The van der Waals surface area contributed by atoms with Gasteiger partial charge in [-0.2, -0.15) is 0 Å².